The van der Waals surface area contributed by atoms with Crippen molar-refractivity contribution in [3.05, 3.63) is 59.4 Å². The minimum atomic E-state index is -0.768. The Balaban J connectivity index is 1.84. The molecule has 2 aromatic rings. The molecule has 0 radical (unpaired) electrons. The average Bonchev–Trinajstić information content (AvgIpc) is 3.30. The van der Waals surface area contributed by atoms with Gasteiger partial charge in [0.05, 0.1) is 18.2 Å². The van der Waals surface area contributed by atoms with Crippen LogP contribution in [0, 0.1) is 0 Å². The maximum absolute atomic E-state index is 13.0. The Labute approximate surface area is 168 Å². The highest BCUT2D eigenvalue weighted by molar-refractivity contribution is 6.16. The fourth-order valence-corrected chi connectivity index (χ4v) is 3.64. The van der Waals surface area contributed by atoms with Crippen LogP contribution in [0.3, 0.4) is 0 Å². The summed E-state index contributed by atoms with van der Waals surface area (Å²) in [5.41, 5.74) is 1.25. The molecule has 150 valence electrons. The maximum atomic E-state index is 13.0. The number of aliphatic hydroxyl groups is 1. The van der Waals surface area contributed by atoms with E-state index in [0.717, 1.165) is 0 Å². The number of aliphatic hydroxyl groups excluding tert-OH is 1. The molecule has 0 aromatic heterocycles. The number of ketones is 1. The predicted molar refractivity (Wildman–Crippen MR) is 105 cm³/mol. The molecule has 4 rings (SSSR count). The van der Waals surface area contributed by atoms with Crippen molar-refractivity contribution in [1.82, 2.24) is 0 Å². The molecule has 0 saturated heterocycles. The largest absolute Gasteiger partial charge is 0.503 e. The van der Waals surface area contributed by atoms with E-state index in [1.54, 1.807) is 43.3 Å². The first kappa shape index (κ1) is 18.9. The standard InChI is InChI=1S/C22H21NO6/c1-3-16(24)19-20(13-6-5-7-15(10-13)27-4-2)23(22(26)21(19)25)14-8-9-17-18(11-14)29-12-28-17/h5-11,20,25H,3-4,12H2,1-2H3. The summed E-state index contributed by atoms with van der Waals surface area (Å²) in [6.07, 6.45) is 0.170. The quantitative estimate of drug-likeness (QED) is 0.803. The SMILES string of the molecule is CCOc1cccc(C2C(C(=O)CC)=C(O)C(=O)N2c2ccc3c(c2)OCO3)c1. The Morgan fingerprint density at radius 2 is 1.97 bits per heavy atom. The van der Waals surface area contributed by atoms with Gasteiger partial charge in [-0.25, -0.2) is 0 Å². The van der Waals surface area contributed by atoms with Gasteiger partial charge in [0.15, 0.2) is 23.0 Å². The van der Waals surface area contributed by atoms with Gasteiger partial charge in [0.1, 0.15) is 5.75 Å². The molecule has 0 fully saturated rings. The van der Waals surface area contributed by atoms with Crippen LogP contribution in [0.5, 0.6) is 17.2 Å². The Morgan fingerprint density at radius 1 is 1.17 bits per heavy atom. The van der Waals surface area contributed by atoms with Gasteiger partial charge in [-0.05, 0) is 36.8 Å². The van der Waals surface area contributed by atoms with E-state index in [-0.39, 0.29) is 24.6 Å². The summed E-state index contributed by atoms with van der Waals surface area (Å²) in [6.45, 7) is 4.17. The zero-order valence-corrected chi connectivity index (χ0v) is 16.2. The lowest BCUT2D eigenvalue weighted by Gasteiger charge is -2.27. The number of amides is 1. The second-order valence-electron chi connectivity index (χ2n) is 6.66. The van der Waals surface area contributed by atoms with Crippen LogP contribution in [0.1, 0.15) is 31.9 Å². The van der Waals surface area contributed by atoms with Crippen LogP contribution in [-0.4, -0.2) is 30.2 Å². The lowest BCUT2D eigenvalue weighted by molar-refractivity contribution is -0.118. The predicted octanol–water partition coefficient (Wildman–Crippen LogP) is 3.69. The van der Waals surface area contributed by atoms with E-state index in [1.807, 2.05) is 13.0 Å². The summed E-state index contributed by atoms with van der Waals surface area (Å²) in [5.74, 6) is 0.265. The molecular weight excluding hydrogens is 374 g/mol. The number of fused-ring (bicyclic) bond motifs is 1. The van der Waals surface area contributed by atoms with Gasteiger partial charge in [0.2, 0.25) is 6.79 Å². The van der Waals surface area contributed by atoms with Crippen LogP contribution >= 0.6 is 0 Å². The highest BCUT2D eigenvalue weighted by Gasteiger charge is 2.44. The Kier molecular flexibility index (Phi) is 4.88. The van der Waals surface area contributed by atoms with Gasteiger partial charge in [-0.2, -0.15) is 0 Å². The number of ether oxygens (including phenoxy) is 3. The summed E-state index contributed by atoms with van der Waals surface area (Å²) in [7, 11) is 0. The number of Topliss-reactive ketones (excluding diaryl/α,β-unsaturated/α-hetero) is 1. The fourth-order valence-electron chi connectivity index (χ4n) is 3.64. The molecule has 29 heavy (non-hydrogen) atoms. The van der Waals surface area contributed by atoms with Gasteiger partial charge in [0, 0.05) is 18.2 Å². The van der Waals surface area contributed by atoms with Crippen molar-refractivity contribution in [2.75, 3.05) is 18.3 Å². The topological polar surface area (TPSA) is 85.3 Å². The highest BCUT2D eigenvalue weighted by Crippen LogP contribution is 2.44. The van der Waals surface area contributed by atoms with Crippen LogP contribution in [0.25, 0.3) is 0 Å². The number of hydrogen-bond acceptors (Lipinski definition) is 6. The van der Waals surface area contributed by atoms with Crippen molar-refractivity contribution in [2.45, 2.75) is 26.3 Å². The molecule has 0 aliphatic carbocycles. The molecule has 2 heterocycles. The summed E-state index contributed by atoms with van der Waals surface area (Å²) in [5, 5.41) is 10.6. The molecular formula is C22H21NO6. The van der Waals surface area contributed by atoms with E-state index in [1.165, 1.54) is 4.90 Å². The number of hydrogen-bond donors (Lipinski definition) is 1. The molecule has 7 heteroatoms. The number of nitrogens with zero attached hydrogens (tertiary/aromatic N) is 1. The number of carbonyl (C=O) groups excluding carboxylic acids is 2. The first-order chi connectivity index (χ1) is 14.0. The molecule has 1 N–H and O–H groups in total. The molecule has 2 aromatic carbocycles. The van der Waals surface area contributed by atoms with Crippen LogP contribution in [0.15, 0.2) is 53.8 Å². The van der Waals surface area contributed by atoms with Crippen molar-refractivity contribution in [3.8, 4) is 17.2 Å². The third-order valence-corrected chi connectivity index (χ3v) is 4.95. The zero-order chi connectivity index (χ0) is 20.5. The van der Waals surface area contributed by atoms with Crippen molar-refractivity contribution in [1.29, 1.82) is 0 Å². The van der Waals surface area contributed by atoms with Crippen LogP contribution < -0.4 is 19.1 Å². The average molecular weight is 395 g/mol. The highest BCUT2D eigenvalue weighted by atomic mass is 16.7. The number of carbonyl (C=O) groups is 2. The van der Waals surface area contributed by atoms with Crippen LogP contribution in [0.2, 0.25) is 0 Å². The van der Waals surface area contributed by atoms with Gasteiger partial charge in [-0.15, -0.1) is 0 Å². The monoisotopic (exact) mass is 395 g/mol. The van der Waals surface area contributed by atoms with Gasteiger partial charge >= 0.3 is 0 Å². The normalized spacial score (nSPS) is 17.8. The molecule has 0 spiro atoms. The summed E-state index contributed by atoms with van der Waals surface area (Å²) in [4.78, 5) is 27.1. The molecule has 1 amide bonds. The molecule has 0 bridgehead atoms. The molecule has 1 unspecified atom stereocenters. The molecule has 0 saturated carbocycles. The number of anilines is 1. The summed E-state index contributed by atoms with van der Waals surface area (Å²) < 4.78 is 16.3. The Hall–Kier alpha value is -3.48. The minimum absolute atomic E-state index is 0.0869. The minimum Gasteiger partial charge on any atom is -0.503 e. The lowest BCUT2D eigenvalue weighted by Crippen LogP contribution is -2.31. The second kappa shape index (κ2) is 7.50. The molecule has 2 aliphatic rings. The lowest BCUT2D eigenvalue weighted by atomic mass is 9.94. The second-order valence-corrected chi connectivity index (χ2v) is 6.66. The third kappa shape index (κ3) is 3.18. The Bertz CT molecular complexity index is 1010. The zero-order valence-electron chi connectivity index (χ0n) is 16.2. The van der Waals surface area contributed by atoms with E-state index < -0.39 is 17.7 Å². The van der Waals surface area contributed by atoms with E-state index in [4.69, 9.17) is 14.2 Å². The van der Waals surface area contributed by atoms with Gasteiger partial charge < -0.3 is 19.3 Å². The van der Waals surface area contributed by atoms with Crippen LogP contribution in [0.4, 0.5) is 5.69 Å². The van der Waals surface area contributed by atoms with Crippen LogP contribution in [-0.2, 0) is 9.59 Å². The van der Waals surface area contributed by atoms with Crippen molar-refractivity contribution >= 4 is 17.4 Å². The van der Waals surface area contributed by atoms with Gasteiger partial charge in [-0.3, -0.25) is 14.5 Å². The van der Waals surface area contributed by atoms with E-state index in [9.17, 15) is 14.7 Å². The van der Waals surface area contributed by atoms with E-state index in [2.05, 4.69) is 0 Å². The summed E-state index contributed by atoms with van der Waals surface area (Å²) >= 11 is 0. The van der Waals surface area contributed by atoms with E-state index >= 15 is 0 Å². The Morgan fingerprint density at radius 3 is 2.72 bits per heavy atom. The van der Waals surface area contributed by atoms with Gasteiger partial charge in [-0.1, -0.05) is 19.1 Å². The number of benzene rings is 2. The fraction of sp³-hybridized carbons (Fsp3) is 0.273. The first-order valence-corrected chi connectivity index (χ1v) is 9.47. The third-order valence-electron chi connectivity index (χ3n) is 4.95. The molecule has 7 nitrogen and oxygen atoms in total. The maximum Gasteiger partial charge on any atom is 0.294 e. The van der Waals surface area contributed by atoms with Crippen molar-refractivity contribution in [3.63, 3.8) is 0 Å². The number of rotatable bonds is 6. The molecule has 1 atom stereocenters. The summed E-state index contributed by atoms with van der Waals surface area (Å²) in [6, 6.07) is 11.5. The van der Waals surface area contributed by atoms with E-state index in [0.29, 0.717) is 35.1 Å². The van der Waals surface area contributed by atoms with Gasteiger partial charge in [0.25, 0.3) is 5.91 Å². The molecule has 2 aliphatic heterocycles. The smallest absolute Gasteiger partial charge is 0.294 e. The first-order valence-electron chi connectivity index (χ1n) is 9.47. The van der Waals surface area contributed by atoms with Crippen molar-refractivity contribution < 1.29 is 28.9 Å². The van der Waals surface area contributed by atoms with Crippen molar-refractivity contribution in [2.24, 2.45) is 0 Å².